The van der Waals surface area contributed by atoms with Gasteiger partial charge < -0.3 is 9.32 Å². The first-order valence-electron chi connectivity index (χ1n) is 9.66. The third-order valence-corrected chi connectivity index (χ3v) is 6.20. The van der Waals surface area contributed by atoms with Crippen molar-refractivity contribution in [1.29, 1.82) is 0 Å². The molecule has 0 radical (unpaired) electrons. The molecule has 0 N–H and O–H groups in total. The molecular weight excluding hydrogens is 322 g/mol. The van der Waals surface area contributed by atoms with Gasteiger partial charge in [0.1, 0.15) is 5.52 Å². The summed E-state index contributed by atoms with van der Waals surface area (Å²) in [5, 5.41) is 0. The molecule has 2 atom stereocenters. The largest absolute Gasteiger partial charge is 0.423 e. The average Bonchev–Trinajstić information content (AvgIpc) is 3.19. The highest BCUT2D eigenvalue weighted by molar-refractivity contribution is 5.74. The van der Waals surface area contributed by atoms with Crippen LogP contribution in [0.3, 0.4) is 0 Å². The summed E-state index contributed by atoms with van der Waals surface area (Å²) in [5.41, 5.74) is 3.24. The second-order valence-corrected chi connectivity index (χ2v) is 7.74. The van der Waals surface area contributed by atoms with Crippen LogP contribution in [0.1, 0.15) is 31.2 Å². The van der Waals surface area contributed by atoms with Crippen LogP contribution in [0.25, 0.3) is 11.1 Å². The molecule has 2 aliphatic heterocycles. The molecule has 2 fully saturated rings. The van der Waals surface area contributed by atoms with Crippen LogP contribution in [-0.2, 0) is 6.54 Å². The van der Waals surface area contributed by atoms with Gasteiger partial charge in [-0.25, -0.2) is 0 Å². The Hall–Kier alpha value is -2.33. The summed E-state index contributed by atoms with van der Waals surface area (Å²) in [5.74, 6) is 0. The zero-order valence-corrected chi connectivity index (χ0v) is 15.2. The fraction of sp³-hybridized carbons (Fsp3) is 0.409. The van der Waals surface area contributed by atoms with Crippen LogP contribution in [0.4, 0.5) is 6.01 Å². The molecule has 3 heterocycles. The van der Waals surface area contributed by atoms with Gasteiger partial charge in [-0.15, -0.1) is 0 Å². The van der Waals surface area contributed by atoms with Crippen LogP contribution < -0.4 is 4.90 Å². The molecule has 4 nitrogen and oxygen atoms in total. The molecule has 2 aliphatic rings. The van der Waals surface area contributed by atoms with Crippen LogP contribution >= 0.6 is 0 Å². The fourth-order valence-corrected chi connectivity index (χ4v) is 4.78. The van der Waals surface area contributed by atoms with E-state index in [9.17, 15) is 0 Å². The maximum absolute atomic E-state index is 6.00. The first-order chi connectivity index (χ1) is 12.8. The van der Waals surface area contributed by atoms with Crippen LogP contribution in [0.15, 0.2) is 59.0 Å². The van der Waals surface area contributed by atoms with Crippen molar-refractivity contribution in [1.82, 2.24) is 9.88 Å². The van der Waals surface area contributed by atoms with E-state index in [-0.39, 0.29) is 0 Å². The van der Waals surface area contributed by atoms with Crippen LogP contribution in [-0.4, -0.2) is 35.1 Å². The third-order valence-electron chi connectivity index (χ3n) is 6.20. The summed E-state index contributed by atoms with van der Waals surface area (Å²) in [6.45, 7) is 1.08. The van der Waals surface area contributed by atoms with E-state index in [0.717, 1.165) is 23.7 Å². The van der Waals surface area contributed by atoms with Gasteiger partial charge in [-0.05, 0) is 43.4 Å². The van der Waals surface area contributed by atoms with Gasteiger partial charge in [0.15, 0.2) is 5.58 Å². The standard InChI is InChI=1S/C22H25N3O/c1-24(22-23-20-9-5-6-10-21(20)26-22)19-13-17-11-12-18(14-19)25(17)15-16-7-3-2-4-8-16/h2-10,17-19H,11-15H2,1H3. The molecule has 0 saturated carbocycles. The van der Waals surface area contributed by atoms with Crippen molar-refractivity contribution in [3.05, 3.63) is 60.2 Å². The molecule has 4 heteroatoms. The molecule has 26 heavy (non-hydrogen) atoms. The predicted octanol–water partition coefficient (Wildman–Crippen LogP) is 4.46. The van der Waals surface area contributed by atoms with Gasteiger partial charge in [0.2, 0.25) is 0 Å². The minimum absolute atomic E-state index is 0.507. The van der Waals surface area contributed by atoms with Crippen molar-refractivity contribution in [2.45, 2.75) is 50.4 Å². The van der Waals surface area contributed by atoms with Gasteiger partial charge in [-0.1, -0.05) is 42.5 Å². The Morgan fingerprint density at radius 3 is 2.42 bits per heavy atom. The Labute approximate surface area is 154 Å². The maximum atomic E-state index is 6.00. The Balaban J connectivity index is 1.32. The van der Waals surface area contributed by atoms with Gasteiger partial charge in [0, 0.05) is 31.7 Å². The third kappa shape index (κ3) is 2.78. The molecule has 1 aromatic heterocycles. The van der Waals surface area contributed by atoms with Crippen molar-refractivity contribution < 1.29 is 4.42 Å². The first kappa shape index (κ1) is 15.9. The topological polar surface area (TPSA) is 32.5 Å². The number of hydrogen-bond donors (Lipinski definition) is 0. The molecular formula is C22H25N3O. The smallest absolute Gasteiger partial charge is 0.298 e. The highest BCUT2D eigenvalue weighted by Gasteiger charge is 2.42. The number of para-hydroxylation sites is 2. The van der Waals surface area contributed by atoms with Crippen LogP contribution in [0.5, 0.6) is 0 Å². The molecule has 3 aromatic rings. The number of benzene rings is 2. The number of piperidine rings is 1. The van der Waals surface area contributed by atoms with Gasteiger partial charge >= 0.3 is 0 Å². The Kier molecular flexibility index (Phi) is 3.93. The van der Waals surface area contributed by atoms with E-state index in [4.69, 9.17) is 9.40 Å². The molecule has 134 valence electrons. The highest BCUT2D eigenvalue weighted by atomic mass is 16.4. The van der Waals surface area contributed by atoms with Gasteiger partial charge in [0.05, 0.1) is 0 Å². The van der Waals surface area contributed by atoms with Crippen molar-refractivity contribution in [2.24, 2.45) is 0 Å². The van der Waals surface area contributed by atoms with E-state index >= 15 is 0 Å². The summed E-state index contributed by atoms with van der Waals surface area (Å²) in [6.07, 6.45) is 5.02. The number of fused-ring (bicyclic) bond motifs is 3. The van der Waals surface area contributed by atoms with Crippen molar-refractivity contribution in [3.63, 3.8) is 0 Å². The van der Waals surface area contributed by atoms with Gasteiger partial charge in [-0.3, -0.25) is 4.90 Å². The zero-order chi connectivity index (χ0) is 17.5. The number of oxazole rings is 1. The molecule has 2 aromatic carbocycles. The molecule has 2 bridgehead atoms. The molecule has 5 rings (SSSR count). The number of aromatic nitrogens is 1. The lowest BCUT2D eigenvalue weighted by Gasteiger charge is -2.41. The molecule has 0 aliphatic carbocycles. The Bertz CT molecular complexity index is 844. The Morgan fingerprint density at radius 1 is 1.00 bits per heavy atom. The molecule has 2 saturated heterocycles. The van der Waals surface area contributed by atoms with Crippen molar-refractivity contribution in [3.8, 4) is 0 Å². The lowest BCUT2D eigenvalue weighted by molar-refractivity contribution is 0.117. The minimum Gasteiger partial charge on any atom is -0.423 e. The zero-order valence-electron chi connectivity index (χ0n) is 15.2. The van der Waals surface area contributed by atoms with E-state index < -0.39 is 0 Å². The monoisotopic (exact) mass is 347 g/mol. The second kappa shape index (κ2) is 6.44. The van der Waals surface area contributed by atoms with E-state index in [0.29, 0.717) is 18.1 Å². The second-order valence-electron chi connectivity index (χ2n) is 7.74. The number of nitrogens with zero attached hydrogens (tertiary/aromatic N) is 3. The lowest BCUT2D eigenvalue weighted by atomic mass is 9.95. The van der Waals surface area contributed by atoms with E-state index in [2.05, 4.69) is 47.2 Å². The fourth-order valence-electron chi connectivity index (χ4n) is 4.78. The average molecular weight is 347 g/mol. The number of anilines is 1. The SMILES string of the molecule is CN(c1nc2ccccc2o1)C1CC2CCC(C1)N2Cc1ccccc1. The predicted molar refractivity (Wildman–Crippen MR) is 104 cm³/mol. The quantitative estimate of drug-likeness (QED) is 0.697. The molecule has 0 amide bonds. The minimum atomic E-state index is 0.507. The van der Waals surface area contributed by atoms with Crippen molar-refractivity contribution in [2.75, 3.05) is 11.9 Å². The summed E-state index contributed by atoms with van der Waals surface area (Å²) >= 11 is 0. The normalized spacial score (nSPS) is 25.7. The van der Waals surface area contributed by atoms with Crippen LogP contribution in [0.2, 0.25) is 0 Å². The van der Waals surface area contributed by atoms with Gasteiger partial charge in [0.25, 0.3) is 6.01 Å². The molecule has 0 spiro atoms. The number of rotatable bonds is 4. The van der Waals surface area contributed by atoms with Crippen molar-refractivity contribution >= 4 is 17.1 Å². The number of hydrogen-bond acceptors (Lipinski definition) is 4. The lowest BCUT2D eigenvalue weighted by Crippen LogP contribution is -2.49. The summed E-state index contributed by atoms with van der Waals surface area (Å²) in [4.78, 5) is 9.69. The summed E-state index contributed by atoms with van der Waals surface area (Å²) < 4.78 is 6.00. The highest BCUT2D eigenvalue weighted by Crippen LogP contribution is 2.39. The van der Waals surface area contributed by atoms with E-state index in [1.54, 1.807) is 0 Å². The molecule has 2 unspecified atom stereocenters. The Morgan fingerprint density at radius 2 is 1.69 bits per heavy atom. The summed E-state index contributed by atoms with van der Waals surface area (Å²) in [7, 11) is 2.14. The van der Waals surface area contributed by atoms with E-state index in [1.165, 1.54) is 31.2 Å². The first-order valence-corrected chi connectivity index (χ1v) is 9.66. The van der Waals surface area contributed by atoms with Crippen LogP contribution in [0, 0.1) is 0 Å². The maximum Gasteiger partial charge on any atom is 0.298 e. The van der Waals surface area contributed by atoms with Gasteiger partial charge in [-0.2, -0.15) is 4.98 Å². The van der Waals surface area contributed by atoms with E-state index in [1.807, 2.05) is 24.3 Å². The summed E-state index contributed by atoms with van der Waals surface area (Å²) in [6, 6.07) is 21.5.